The highest BCUT2D eigenvalue weighted by molar-refractivity contribution is 9.11. The molecule has 0 aliphatic rings. The molecule has 0 saturated carbocycles. The predicted octanol–water partition coefficient (Wildman–Crippen LogP) is 6.40. The maximum Gasteiger partial charge on any atom is 0.0264 e. The molecule has 0 spiro atoms. The van der Waals surface area contributed by atoms with E-state index in [0.717, 1.165) is 17.9 Å². The number of benzene rings is 2. The molecule has 0 saturated heterocycles. The van der Waals surface area contributed by atoms with Crippen molar-refractivity contribution in [2.24, 2.45) is 0 Å². The lowest BCUT2D eigenvalue weighted by Crippen LogP contribution is -1.81. The van der Waals surface area contributed by atoms with Gasteiger partial charge in [0.05, 0.1) is 0 Å². The van der Waals surface area contributed by atoms with Gasteiger partial charge >= 0.3 is 0 Å². The van der Waals surface area contributed by atoms with Gasteiger partial charge in [-0.05, 0) is 41.5 Å². The number of hydrogen-bond donors (Lipinski definition) is 0. The van der Waals surface area contributed by atoms with Gasteiger partial charge in [0, 0.05) is 17.9 Å². The van der Waals surface area contributed by atoms with Gasteiger partial charge in [0.1, 0.15) is 0 Å². The molecule has 0 bridgehead atoms. The van der Waals surface area contributed by atoms with Crippen molar-refractivity contribution in [3.05, 3.63) is 54.3 Å². The Morgan fingerprint density at radius 2 is 1.25 bits per heavy atom. The molecule has 2 aromatic rings. The van der Waals surface area contributed by atoms with Crippen molar-refractivity contribution in [3.8, 4) is 11.1 Å². The summed E-state index contributed by atoms with van der Waals surface area (Å²) < 4.78 is 4.27. The van der Waals surface area contributed by atoms with Crippen molar-refractivity contribution >= 4 is 63.7 Å². The first-order valence-corrected chi connectivity index (χ1v) is 7.65. The van der Waals surface area contributed by atoms with E-state index >= 15 is 0 Å². The summed E-state index contributed by atoms with van der Waals surface area (Å²) in [5.74, 6) is 0. The SMILES string of the molecule is Brc1cc(Br)cc(-c2ccc(Br)cc2Br)c1. The lowest BCUT2D eigenvalue weighted by molar-refractivity contribution is 1.53. The molecule has 2 rings (SSSR count). The van der Waals surface area contributed by atoms with Crippen molar-refractivity contribution in [1.29, 1.82) is 0 Å². The largest absolute Gasteiger partial charge is 0.0521 e. The average Bonchev–Trinajstić information content (AvgIpc) is 2.15. The molecule has 0 aliphatic heterocycles. The second-order valence-corrected chi connectivity index (χ2v) is 6.88. The molecule has 0 nitrogen and oxygen atoms in total. The van der Waals surface area contributed by atoms with Gasteiger partial charge in [-0.25, -0.2) is 0 Å². The molecule has 16 heavy (non-hydrogen) atoms. The third kappa shape index (κ3) is 2.97. The van der Waals surface area contributed by atoms with E-state index < -0.39 is 0 Å². The van der Waals surface area contributed by atoms with E-state index in [0.29, 0.717) is 0 Å². The Balaban J connectivity index is 2.58. The topological polar surface area (TPSA) is 0 Å². The zero-order chi connectivity index (χ0) is 11.7. The summed E-state index contributed by atoms with van der Waals surface area (Å²) in [4.78, 5) is 0. The lowest BCUT2D eigenvalue weighted by Gasteiger charge is -2.07. The highest BCUT2D eigenvalue weighted by atomic mass is 79.9. The van der Waals surface area contributed by atoms with Crippen LogP contribution >= 0.6 is 63.7 Å². The molecular formula is C12H6Br4. The molecule has 82 valence electrons. The molecule has 2 aromatic carbocycles. The molecule has 0 fully saturated rings. The molecule has 0 unspecified atom stereocenters. The second-order valence-electron chi connectivity index (χ2n) is 3.28. The number of halogens is 4. The van der Waals surface area contributed by atoms with E-state index in [1.807, 2.05) is 18.2 Å². The first-order chi connectivity index (χ1) is 7.56. The monoisotopic (exact) mass is 466 g/mol. The average molecular weight is 470 g/mol. The Morgan fingerprint density at radius 1 is 0.625 bits per heavy atom. The predicted molar refractivity (Wildman–Crippen MR) is 82.7 cm³/mol. The zero-order valence-electron chi connectivity index (χ0n) is 7.98. The van der Waals surface area contributed by atoms with Crippen LogP contribution in [0.25, 0.3) is 11.1 Å². The van der Waals surface area contributed by atoms with Crippen molar-refractivity contribution in [3.63, 3.8) is 0 Å². The molecule has 4 heteroatoms. The van der Waals surface area contributed by atoms with Crippen molar-refractivity contribution in [2.45, 2.75) is 0 Å². The van der Waals surface area contributed by atoms with Gasteiger partial charge in [-0.1, -0.05) is 69.8 Å². The standard InChI is InChI=1S/C12H6Br4/c13-8-1-2-11(12(16)6-8)7-3-9(14)5-10(15)4-7/h1-6H. The maximum absolute atomic E-state index is 3.57. The van der Waals surface area contributed by atoms with Crippen LogP contribution in [0.4, 0.5) is 0 Å². The van der Waals surface area contributed by atoms with Gasteiger partial charge in [-0.3, -0.25) is 0 Å². The highest BCUT2D eigenvalue weighted by Gasteiger charge is 2.05. The summed E-state index contributed by atoms with van der Waals surface area (Å²) in [5, 5.41) is 0. The van der Waals surface area contributed by atoms with Crippen molar-refractivity contribution in [1.82, 2.24) is 0 Å². The summed E-state index contributed by atoms with van der Waals surface area (Å²) in [6.07, 6.45) is 0. The Bertz CT molecular complexity index is 514. The van der Waals surface area contributed by atoms with Crippen LogP contribution < -0.4 is 0 Å². The fourth-order valence-corrected chi connectivity index (χ4v) is 4.00. The molecular weight excluding hydrogens is 464 g/mol. The smallest absolute Gasteiger partial charge is 0.0264 e. The van der Waals surface area contributed by atoms with Gasteiger partial charge in [-0.15, -0.1) is 0 Å². The van der Waals surface area contributed by atoms with Crippen LogP contribution in [0.15, 0.2) is 54.3 Å². The van der Waals surface area contributed by atoms with Crippen molar-refractivity contribution in [2.75, 3.05) is 0 Å². The Kier molecular flexibility index (Phi) is 4.27. The summed E-state index contributed by atoms with van der Waals surface area (Å²) in [6, 6.07) is 12.4. The summed E-state index contributed by atoms with van der Waals surface area (Å²) >= 11 is 14.0. The fraction of sp³-hybridized carbons (Fsp3) is 0. The number of hydrogen-bond acceptors (Lipinski definition) is 0. The van der Waals surface area contributed by atoms with Crippen LogP contribution in [-0.2, 0) is 0 Å². The van der Waals surface area contributed by atoms with Crippen LogP contribution in [0.2, 0.25) is 0 Å². The summed E-state index contributed by atoms with van der Waals surface area (Å²) in [5.41, 5.74) is 2.34. The lowest BCUT2D eigenvalue weighted by atomic mass is 10.1. The Labute approximate surface area is 128 Å². The molecule has 0 N–H and O–H groups in total. The van der Waals surface area contributed by atoms with E-state index in [2.05, 4.69) is 81.9 Å². The van der Waals surface area contributed by atoms with E-state index in [4.69, 9.17) is 0 Å². The van der Waals surface area contributed by atoms with Gasteiger partial charge in [0.2, 0.25) is 0 Å². The first kappa shape index (κ1) is 12.8. The highest BCUT2D eigenvalue weighted by Crippen LogP contribution is 2.33. The van der Waals surface area contributed by atoms with E-state index in [-0.39, 0.29) is 0 Å². The van der Waals surface area contributed by atoms with Crippen LogP contribution in [0.5, 0.6) is 0 Å². The van der Waals surface area contributed by atoms with Gasteiger partial charge in [0.15, 0.2) is 0 Å². The second kappa shape index (κ2) is 5.34. The summed E-state index contributed by atoms with van der Waals surface area (Å²) in [7, 11) is 0. The minimum atomic E-state index is 1.06. The summed E-state index contributed by atoms with van der Waals surface area (Å²) in [6.45, 7) is 0. The van der Waals surface area contributed by atoms with E-state index in [1.165, 1.54) is 11.1 Å². The zero-order valence-corrected chi connectivity index (χ0v) is 14.3. The minimum Gasteiger partial charge on any atom is -0.0521 e. The van der Waals surface area contributed by atoms with Gasteiger partial charge < -0.3 is 0 Å². The molecule has 0 amide bonds. The maximum atomic E-state index is 3.57. The first-order valence-electron chi connectivity index (χ1n) is 4.48. The van der Waals surface area contributed by atoms with Crippen LogP contribution in [0.1, 0.15) is 0 Å². The molecule has 0 radical (unpaired) electrons. The van der Waals surface area contributed by atoms with Crippen LogP contribution in [0.3, 0.4) is 0 Å². The van der Waals surface area contributed by atoms with Crippen molar-refractivity contribution < 1.29 is 0 Å². The van der Waals surface area contributed by atoms with E-state index in [9.17, 15) is 0 Å². The third-order valence-corrected chi connectivity index (χ3v) is 4.17. The van der Waals surface area contributed by atoms with Gasteiger partial charge in [0.25, 0.3) is 0 Å². The molecule has 0 atom stereocenters. The van der Waals surface area contributed by atoms with E-state index in [1.54, 1.807) is 0 Å². The van der Waals surface area contributed by atoms with Crippen LogP contribution in [-0.4, -0.2) is 0 Å². The van der Waals surface area contributed by atoms with Gasteiger partial charge in [-0.2, -0.15) is 0 Å². The third-order valence-electron chi connectivity index (χ3n) is 2.10. The number of rotatable bonds is 1. The molecule has 0 aliphatic carbocycles. The quantitative estimate of drug-likeness (QED) is 0.453. The van der Waals surface area contributed by atoms with Crippen LogP contribution in [0, 0.1) is 0 Å². The molecule has 0 heterocycles. The Hall–Kier alpha value is 0.360. The Morgan fingerprint density at radius 3 is 1.81 bits per heavy atom. The normalized spacial score (nSPS) is 10.5. The molecule has 0 aromatic heterocycles. The fourth-order valence-electron chi connectivity index (χ4n) is 1.43. The minimum absolute atomic E-state index is 1.06.